The first kappa shape index (κ1) is 13.5. The lowest BCUT2D eigenvalue weighted by molar-refractivity contribution is 0.475. The van der Waals surface area contributed by atoms with Crippen LogP contribution < -0.4 is 5.56 Å². The Bertz CT molecular complexity index is 853. The van der Waals surface area contributed by atoms with Crippen molar-refractivity contribution < 1.29 is 9.50 Å². The van der Waals surface area contributed by atoms with E-state index < -0.39 is 5.82 Å². The molecule has 6 heteroatoms. The molecule has 106 valence electrons. The number of phenolic OH excluding ortho intramolecular Hbond substituents is 1. The predicted molar refractivity (Wildman–Crippen MR) is 78.5 cm³/mol. The number of rotatable bonds is 2. The van der Waals surface area contributed by atoms with Gasteiger partial charge < -0.3 is 5.11 Å². The van der Waals surface area contributed by atoms with Gasteiger partial charge in [0.15, 0.2) is 0 Å². The van der Waals surface area contributed by atoms with E-state index in [9.17, 15) is 14.3 Å². The molecule has 2 aromatic carbocycles. The summed E-state index contributed by atoms with van der Waals surface area (Å²) >= 11 is 5.73. The van der Waals surface area contributed by atoms with Crippen molar-refractivity contribution in [2.45, 2.75) is 0 Å². The molecule has 3 rings (SSSR count). The molecule has 0 amide bonds. The highest BCUT2D eigenvalue weighted by molar-refractivity contribution is 6.30. The summed E-state index contributed by atoms with van der Waals surface area (Å²) in [4.78, 5) is 12.0. The van der Waals surface area contributed by atoms with Gasteiger partial charge in [0.2, 0.25) is 0 Å². The van der Waals surface area contributed by atoms with Crippen LogP contribution in [0.2, 0.25) is 5.02 Å². The number of aromatic nitrogens is 2. The average Bonchev–Trinajstić information content (AvgIpc) is 2.85. The smallest absolute Gasteiger partial charge is 0.271 e. The molecule has 0 unspecified atom stereocenters. The topological polar surface area (TPSA) is 58.0 Å². The van der Waals surface area contributed by atoms with Gasteiger partial charge in [-0.25, -0.2) is 9.07 Å². The maximum Gasteiger partial charge on any atom is 0.271 e. The summed E-state index contributed by atoms with van der Waals surface area (Å²) in [5, 5.41) is 12.1. The molecule has 0 aliphatic heterocycles. The molecule has 3 aromatic rings. The highest BCUT2D eigenvalue weighted by Crippen LogP contribution is 2.21. The molecule has 0 saturated heterocycles. The quantitative estimate of drug-likeness (QED) is 0.763. The first-order valence-electron chi connectivity index (χ1n) is 6.11. The third-order valence-electron chi connectivity index (χ3n) is 3.06. The summed E-state index contributed by atoms with van der Waals surface area (Å²) in [7, 11) is 0. The summed E-state index contributed by atoms with van der Waals surface area (Å²) in [5.74, 6) is -0.398. The molecule has 0 radical (unpaired) electrons. The molecule has 0 aliphatic rings. The Morgan fingerprint density at radius 1 is 1.10 bits per heavy atom. The molecular formula is C15H10ClFN2O2. The van der Waals surface area contributed by atoms with Crippen LogP contribution in [0.4, 0.5) is 4.39 Å². The minimum absolute atomic E-state index is 0.0554. The van der Waals surface area contributed by atoms with E-state index in [1.54, 1.807) is 12.1 Å². The minimum atomic E-state index is -0.543. The monoisotopic (exact) mass is 304 g/mol. The van der Waals surface area contributed by atoms with E-state index in [2.05, 4.69) is 5.10 Å². The van der Waals surface area contributed by atoms with Crippen molar-refractivity contribution in [3.05, 3.63) is 69.7 Å². The van der Waals surface area contributed by atoms with Crippen molar-refractivity contribution in [1.82, 2.24) is 9.78 Å². The Morgan fingerprint density at radius 3 is 2.48 bits per heavy atom. The zero-order valence-electron chi connectivity index (χ0n) is 10.7. The largest absolute Gasteiger partial charge is 0.508 e. The van der Waals surface area contributed by atoms with Crippen molar-refractivity contribution in [3.63, 3.8) is 0 Å². The van der Waals surface area contributed by atoms with E-state index >= 15 is 0 Å². The highest BCUT2D eigenvalue weighted by Gasteiger charge is 2.09. The maximum absolute atomic E-state index is 13.2. The van der Waals surface area contributed by atoms with E-state index in [1.807, 2.05) is 0 Å². The second kappa shape index (κ2) is 5.10. The molecular weight excluding hydrogens is 295 g/mol. The summed E-state index contributed by atoms with van der Waals surface area (Å²) < 4.78 is 14.4. The molecule has 0 aliphatic carbocycles. The minimum Gasteiger partial charge on any atom is -0.508 e. The van der Waals surface area contributed by atoms with Crippen molar-refractivity contribution in [2.24, 2.45) is 0 Å². The molecule has 21 heavy (non-hydrogen) atoms. The van der Waals surface area contributed by atoms with Gasteiger partial charge in [-0.1, -0.05) is 11.6 Å². The fourth-order valence-electron chi connectivity index (χ4n) is 2.00. The summed E-state index contributed by atoms with van der Waals surface area (Å²) in [6.07, 6.45) is 0. The number of hydrogen-bond donors (Lipinski definition) is 2. The number of aromatic hydroxyl groups is 1. The average molecular weight is 305 g/mol. The van der Waals surface area contributed by atoms with Crippen LogP contribution in [0.25, 0.3) is 16.9 Å². The molecule has 0 fully saturated rings. The summed E-state index contributed by atoms with van der Waals surface area (Å²) in [6.45, 7) is 0. The second-order valence-electron chi connectivity index (χ2n) is 4.49. The van der Waals surface area contributed by atoms with Crippen LogP contribution in [0, 0.1) is 5.82 Å². The van der Waals surface area contributed by atoms with Crippen LogP contribution in [-0.4, -0.2) is 14.9 Å². The molecule has 2 N–H and O–H groups in total. The number of halogens is 2. The van der Waals surface area contributed by atoms with E-state index in [0.29, 0.717) is 11.4 Å². The third-order valence-corrected chi connectivity index (χ3v) is 3.35. The Labute approximate surface area is 124 Å². The Hall–Kier alpha value is -2.53. The van der Waals surface area contributed by atoms with Gasteiger partial charge in [-0.15, -0.1) is 0 Å². The van der Waals surface area contributed by atoms with Crippen LogP contribution in [0.3, 0.4) is 0 Å². The van der Waals surface area contributed by atoms with E-state index in [1.165, 1.54) is 41.1 Å². The van der Waals surface area contributed by atoms with Crippen LogP contribution >= 0.6 is 11.6 Å². The van der Waals surface area contributed by atoms with Gasteiger partial charge in [-0.05, 0) is 48.0 Å². The van der Waals surface area contributed by atoms with E-state index in [-0.39, 0.29) is 16.3 Å². The maximum atomic E-state index is 13.2. The van der Waals surface area contributed by atoms with Gasteiger partial charge in [0.05, 0.1) is 16.4 Å². The van der Waals surface area contributed by atoms with Gasteiger partial charge in [-0.3, -0.25) is 9.89 Å². The lowest BCUT2D eigenvalue weighted by Gasteiger charge is -2.03. The van der Waals surface area contributed by atoms with Crippen LogP contribution in [0.5, 0.6) is 5.75 Å². The van der Waals surface area contributed by atoms with Crippen LogP contribution in [-0.2, 0) is 0 Å². The Morgan fingerprint density at radius 2 is 1.81 bits per heavy atom. The van der Waals surface area contributed by atoms with Crippen molar-refractivity contribution in [1.29, 1.82) is 0 Å². The predicted octanol–water partition coefficient (Wildman–Crippen LogP) is 3.33. The van der Waals surface area contributed by atoms with Gasteiger partial charge in [0.25, 0.3) is 5.56 Å². The normalized spacial score (nSPS) is 10.8. The molecule has 4 nitrogen and oxygen atoms in total. The molecule has 0 spiro atoms. The lowest BCUT2D eigenvalue weighted by atomic mass is 10.1. The Kier molecular flexibility index (Phi) is 3.27. The number of phenols is 1. The fourth-order valence-corrected chi connectivity index (χ4v) is 2.18. The summed E-state index contributed by atoms with van der Waals surface area (Å²) in [6, 6.07) is 11.9. The zero-order valence-corrected chi connectivity index (χ0v) is 11.4. The van der Waals surface area contributed by atoms with Crippen molar-refractivity contribution in [3.8, 4) is 22.7 Å². The number of H-pyrrole nitrogens is 1. The van der Waals surface area contributed by atoms with Gasteiger partial charge in [-0.2, -0.15) is 0 Å². The third kappa shape index (κ3) is 2.55. The van der Waals surface area contributed by atoms with Gasteiger partial charge in [0, 0.05) is 6.07 Å². The van der Waals surface area contributed by atoms with Gasteiger partial charge >= 0.3 is 0 Å². The fraction of sp³-hybridized carbons (Fsp3) is 0. The second-order valence-corrected chi connectivity index (χ2v) is 4.90. The summed E-state index contributed by atoms with van der Waals surface area (Å²) in [5.41, 5.74) is 1.48. The first-order chi connectivity index (χ1) is 10.0. The molecule has 0 bridgehead atoms. The number of nitrogens with one attached hydrogen (secondary N) is 1. The van der Waals surface area contributed by atoms with Crippen molar-refractivity contribution in [2.75, 3.05) is 0 Å². The Balaban J connectivity index is 2.07. The van der Waals surface area contributed by atoms with Crippen LogP contribution in [0.15, 0.2) is 53.3 Å². The lowest BCUT2D eigenvalue weighted by Crippen LogP contribution is -2.13. The number of nitrogens with zero attached hydrogens (tertiary/aromatic N) is 1. The van der Waals surface area contributed by atoms with Gasteiger partial charge in [0.1, 0.15) is 11.6 Å². The number of benzene rings is 2. The SMILES string of the molecule is O=c1cc(-c2ccc(O)cc2)[nH]n1-c1ccc(F)c(Cl)c1. The molecule has 0 saturated carbocycles. The standard InChI is InChI=1S/C15H10ClFN2O2/c16-12-7-10(3-6-13(12)17)19-15(21)8-14(18-19)9-1-4-11(20)5-2-9/h1-8,18,20H. The molecule has 1 heterocycles. The van der Waals surface area contributed by atoms with Crippen molar-refractivity contribution >= 4 is 11.6 Å². The molecule has 1 aromatic heterocycles. The highest BCUT2D eigenvalue weighted by atomic mass is 35.5. The van der Waals surface area contributed by atoms with E-state index in [0.717, 1.165) is 5.56 Å². The van der Waals surface area contributed by atoms with E-state index in [4.69, 9.17) is 11.6 Å². The zero-order chi connectivity index (χ0) is 15.0. The first-order valence-corrected chi connectivity index (χ1v) is 6.49. The number of aromatic amines is 1. The molecule has 0 atom stereocenters. The van der Waals surface area contributed by atoms with Crippen LogP contribution in [0.1, 0.15) is 0 Å². The number of hydrogen-bond acceptors (Lipinski definition) is 2.